The fraction of sp³-hybridized carbons (Fsp3) is 0.692. The highest BCUT2D eigenvalue weighted by Crippen LogP contribution is 2.32. The molecule has 1 amide bonds. The number of piperazine rings is 1. The van der Waals surface area contributed by atoms with Gasteiger partial charge in [0.1, 0.15) is 11.6 Å². The number of fused-ring (bicyclic) bond motifs is 1. The molecule has 1 aromatic heterocycles. The number of ether oxygens (including phenoxy) is 2. The predicted molar refractivity (Wildman–Crippen MR) is 85.9 cm³/mol. The number of amides is 1. The van der Waals surface area contributed by atoms with Gasteiger partial charge in [0.2, 0.25) is 15.9 Å². The lowest BCUT2D eigenvalue weighted by Gasteiger charge is -2.33. The number of carbonyl (C=O) groups is 1. The van der Waals surface area contributed by atoms with Crippen LogP contribution >= 0.6 is 11.6 Å². The van der Waals surface area contributed by atoms with Gasteiger partial charge >= 0.3 is 0 Å². The number of rotatable bonds is 5. The van der Waals surface area contributed by atoms with Gasteiger partial charge in [0.25, 0.3) is 5.91 Å². The van der Waals surface area contributed by atoms with E-state index in [4.69, 9.17) is 21.1 Å². The standard InChI is InChI=1S/C13H19ClN4O5S/c1-22-8-9-24(20,21)17-4-2-16(3-5-17)12(19)11-10(14)13-18(15-11)6-7-23-13/h2-9H2,1H3. The highest BCUT2D eigenvalue weighted by atomic mass is 35.5. The number of halogens is 1. The van der Waals surface area contributed by atoms with E-state index in [0.29, 0.717) is 32.1 Å². The maximum Gasteiger partial charge on any atom is 0.276 e. The Morgan fingerprint density at radius 2 is 2.00 bits per heavy atom. The highest BCUT2D eigenvalue weighted by molar-refractivity contribution is 7.89. The summed E-state index contributed by atoms with van der Waals surface area (Å²) in [6, 6.07) is 0. The van der Waals surface area contributed by atoms with Crippen LogP contribution in [-0.2, 0) is 21.3 Å². The maximum atomic E-state index is 12.6. The van der Waals surface area contributed by atoms with E-state index >= 15 is 0 Å². The molecule has 1 saturated heterocycles. The van der Waals surface area contributed by atoms with Crippen LogP contribution in [0.25, 0.3) is 0 Å². The van der Waals surface area contributed by atoms with E-state index in [2.05, 4.69) is 5.10 Å². The third-order valence-corrected chi connectivity index (χ3v) is 6.24. The zero-order valence-corrected chi connectivity index (χ0v) is 14.8. The molecule has 0 unspecified atom stereocenters. The van der Waals surface area contributed by atoms with Gasteiger partial charge in [0.15, 0.2) is 5.69 Å². The lowest BCUT2D eigenvalue weighted by molar-refractivity contribution is 0.0690. The smallest absolute Gasteiger partial charge is 0.276 e. The number of hydrogen-bond donors (Lipinski definition) is 0. The van der Waals surface area contributed by atoms with Gasteiger partial charge in [0, 0.05) is 33.3 Å². The molecule has 2 aliphatic rings. The van der Waals surface area contributed by atoms with E-state index in [9.17, 15) is 13.2 Å². The Morgan fingerprint density at radius 3 is 2.62 bits per heavy atom. The number of sulfonamides is 1. The van der Waals surface area contributed by atoms with Crippen molar-refractivity contribution in [1.29, 1.82) is 0 Å². The SMILES string of the molecule is COCCS(=O)(=O)N1CCN(C(=O)c2nn3c(c2Cl)OCC3)CC1. The summed E-state index contributed by atoms with van der Waals surface area (Å²) >= 11 is 6.17. The van der Waals surface area contributed by atoms with Crippen LogP contribution in [0.15, 0.2) is 0 Å². The van der Waals surface area contributed by atoms with Gasteiger partial charge in [-0.1, -0.05) is 11.6 Å². The highest BCUT2D eigenvalue weighted by Gasteiger charge is 2.33. The first-order valence-corrected chi connectivity index (χ1v) is 9.58. The average molecular weight is 379 g/mol. The molecule has 9 nitrogen and oxygen atoms in total. The van der Waals surface area contributed by atoms with Crippen LogP contribution in [0.4, 0.5) is 0 Å². The molecule has 0 saturated carbocycles. The Kier molecular flexibility index (Phi) is 5.00. The Morgan fingerprint density at radius 1 is 1.29 bits per heavy atom. The molecule has 1 fully saturated rings. The van der Waals surface area contributed by atoms with Crippen molar-refractivity contribution >= 4 is 27.5 Å². The second kappa shape index (κ2) is 6.87. The quantitative estimate of drug-likeness (QED) is 0.696. The Labute approximate surface area is 145 Å². The van der Waals surface area contributed by atoms with Crippen molar-refractivity contribution < 1.29 is 22.7 Å². The van der Waals surface area contributed by atoms with Crippen LogP contribution in [0.5, 0.6) is 5.88 Å². The lowest BCUT2D eigenvalue weighted by Crippen LogP contribution is -2.51. The van der Waals surface area contributed by atoms with Crippen LogP contribution in [0.3, 0.4) is 0 Å². The zero-order chi connectivity index (χ0) is 17.3. The molecule has 0 N–H and O–H groups in total. The summed E-state index contributed by atoms with van der Waals surface area (Å²) in [6.45, 7) is 2.30. The molecule has 1 aromatic rings. The molecule has 11 heteroatoms. The Balaban J connectivity index is 1.64. The van der Waals surface area contributed by atoms with Gasteiger partial charge in [-0.2, -0.15) is 9.40 Å². The van der Waals surface area contributed by atoms with E-state index in [1.54, 1.807) is 9.58 Å². The van der Waals surface area contributed by atoms with Crippen molar-refractivity contribution in [2.45, 2.75) is 6.54 Å². The first-order chi connectivity index (χ1) is 11.4. The van der Waals surface area contributed by atoms with Crippen molar-refractivity contribution in [1.82, 2.24) is 19.0 Å². The van der Waals surface area contributed by atoms with Crippen molar-refractivity contribution in [3.05, 3.63) is 10.7 Å². The van der Waals surface area contributed by atoms with Crippen LogP contribution in [-0.4, -0.2) is 85.6 Å². The fourth-order valence-electron chi connectivity index (χ4n) is 2.72. The number of methoxy groups -OCH3 is 1. The van der Waals surface area contributed by atoms with Crippen LogP contribution in [0, 0.1) is 0 Å². The van der Waals surface area contributed by atoms with Gasteiger partial charge in [0.05, 0.1) is 18.9 Å². The molecular weight excluding hydrogens is 360 g/mol. The van der Waals surface area contributed by atoms with Crippen LogP contribution in [0.2, 0.25) is 5.02 Å². The summed E-state index contributed by atoms with van der Waals surface area (Å²) in [5, 5.41) is 4.41. The summed E-state index contributed by atoms with van der Waals surface area (Å²) in [4.78, 5) is 14.1. The van der Waals surface area contributed by atoms with Crippen molar-refractivity contribution in [3.63, 3.8) is 0 Å². The Hall–Kier alpha value is -1.36. The normalized spacial score (nSPS) is 18.5. The van der Waals surface area contributed by atoms with Crippen molar-refractivity contribution in [2.24, 2.45) is 0 Å². The molecule has 0 atom stereocenters. The van der Waals surface area contributed by atoms with Crippen molar-refractivity contribution in [3.8, 4) is 5.88 Å². The topological polar surface area (TPSA) is 94.0 Å². The van der Waals surface area contributed by atoms with E-state index < -0.39 is 10.0 Å². The molecule has 0 radical (unpaired) electrons. The molecular formula is C13H19ClN4O5S. The molecule has 3 heterocycles. The van der Waals surface area contributed by atoms with Gasteiger partial charge in [-0.15, -0.1) is 0 Å². The second-order valence-corrected chi connectivity index (χ2v) is 8.01. The number of carbonyl (C=O) groups excluding carboxylic acids is 1. The predicted octanol–water partition coefficient (Wildman–Crippen LogP) is -0.337. The second-order valence-electron chi connectivity index (χ2n) is 5.54. The summed E-state index contributed by atoms with van der Waals surface area (Å²) in [6.07, 6.45) is 0. The summed E-state index contributed by atoms with van der Waals surface area (Å²) in [5.41, 5.74) is 0.155. The molecule has 2 aliphatic heterocycles. The minimum absolute atomic E-state index is 0.0611. The van der Waals surface area contributed by atoms with Gasteiger partial charge in [-0.3, -0.25) is 4.79 Å². The molecule has 0 aliphatic carbocycles. The van der Waals surface area contributed by atoms with Gasteiger partial charge < -0.3 is 14.4 Å². The summed E-state index contributed by atoms with van der Waals surface area (Å²) in [7, 11) is -1.90. The van der Waals surface area contributed by atoms with Crippen LogP contribution in [0.1, 0.15) is 10.5 Å². The van der Waals surface area contributed by atoms with Crippen molar-refractivity contribution in [2.75, 3.05) is 52.3 Å². The van der Waals surface area contributed by atoms with Crippen LogP contribution < -0.4 is 4.74 Å². The molecule has 0 aromatic carbocycles. The maximum absolute atomic E-state index is 12.6. The average Bonchev–Trinajstić information content (AvgIpc) is 3.16. The molecule has 0 bridgehead atoms. The Bertz CT molecular complexity index is 727. The minimum Gasteiger partial charge on any atom is -0.475 e. The van der Waals surface area contributed by atoms with E-state index in [1.807, 2.05) is 0 Å². The van der Waals surface area contributed by atoms with E-state index in [-0.39, 0.29) is 42.1 Å². The first-order valence-electron chi connectivity index (χ1n) is 7.59. The van der Waals surface area contributed by atoms with Gasteiger partial charge in [-0.05, 0) is 0 Å². The number of nitrogens with zero attached hydrogens (tertiary/aromatic N) is 4. The first kappa shape index (κ1) is 17.5. The number of hydrogen-bond acceptors (Lipinski definition) is 6. The molecule has 24 heavy (non-hydrogen) atoms. The molecule has 0 spiro atoms. The minimum atomic E-state index is -3.36. The molecule has 3 rings (SSSR count). The third kappa shape index (κ3) is 3.23. The summed E-state index contributed by atoms with van der Waals surface area (Å²) < 4.78 is 37.4. The monoisotopic (exact) mass is 378 g/mol. The van der Waals surface area contributed by atoms with Gasteiger partial charge in [-0.25, -0.2) is 13.1 Å². The summed E-state index contributed by atoms with van der Waals surface area (Å²) in [5.74, 6) is 0.0502. The molecule has 134 valence electrons. The fourth-order valence-corrected chi connectivity index (χ4v) is 4.34. The largest absolute Gasteiger partial charge is 0.475 e. The van der Waals surface area contributed by atoms with E-state index in [0.717, 1.165) is 0 Å². The zero-order valence-electron chi connectivity index (χ0n) is 13.3. The lowest BCUT2D eigenvalue weighted by atomic mass is 10.3. The third-order valence-electron chi connectivity index (χ3n) is 4.06. The van der Waals surface area contributed by atoms with E-state index in [1.165, 1.54) is 11.4 Å². The number of aromatic nitrogens is 2.